The molecule has 150 valence electrons. The van der Waals surface area contributed by atoms with Crippen molar-refractivity contribution in [1.29, 1.82) is 0 Å². The van der Waals surface area contributed by atoms with E-state index in [-0.39, 0.29) is 12.1 Å². The number of urea groups is 1. The van der Waals surface area contributed by atoms with Crippen LogP contribution in [0.15, 0.2) is 43.0 Å². The molecule has 0 radical (unpaired) electrons. The number of likely N-dealkylation sites (tertiary alicyclic amines) is 2. The number of aromatic nitrogens is 3. The molecule has 28 heavy (non-hydrogen) atoms. The summed E-state index contributed by atoms with van der Waals surface area (Å²) in [6.45, 7) is 4.43. The molecule has 1 aromatic heterocycles. The summed E-state index contributed by atoms with van der Waals surface area (Å²) in [5.41, 5.74) is 1.29. The highest BCUT2D eigenvalue weighted by molar-refractivity contribution is 5.74. The van der Waals surface area contributed by atoms with Gasteiger partial charge in [0.15, 0.2) is 0 Å². The second-order valence-electron chi connectivity index (χ2n) is 7.84. The van der Waals surface area contributed by atoms with E-state index in [9.17, 15) is 4.79 Å². The van der Waals surface area contributed by atoms with Crippen LogP contribution < -0.4 is 5.32 Å². The summed E-state index contributed by atoms with van der Waals surface area (Å²) in [4.78, 5) is 17.2. The van der Waals surface area contributed by atoms with Crippen LogP contribution in [0, 0.1) is 0 Å². The van der Waals surface area contributed by atoms with E-state index < -0.39 is 0 Å². The van der Waals surface area contributed by atoms with Gasteiger partial charge in [0.1, 0.15) is 12.7 Å². The normalized spacial score (nSPS) is 20.1. The first kappa shape index (κ1) is 18.9. The molecule has 7 heteroatoms. The molecule has 7 nitrogen and oxygen atoms in total. The van der Waals surface area contributed by atoms with Crippen molar-refractivity contribution in [3.8, 4) is 0 Å². The fraction of sp³-hybridized carbons (Fsp3) is 0.571. The Morgan fingerprint density at radius 3 is 2.36 bits per heavy atom. The summed E-state index contributed by atoms with van der Waals surface area (Å²) in [6.07, 6.45) is 9.22. The molecule has 2 aromatic rings. The molecule has 2 aliphatic rings. The molecule has 1 N–H and O–H groups in total. The molecule has 0 spiro atoms. The van der Waals surface area contributed by atoms with Gasteiger partial charge >= 0.3 is 6.03 Å². The molecule has 0 aliphatic carbocycles. The van der Waals surface area contributed by atoms with E-state index in [4.69, 9.17) is 0 Å². The number of nitrogens with one attached hydrogen (secondary N) is 1. The zero-order chi connectivity index (χ0) is 19.2. The maximum Gasteiger partial charge on any atom is 0.317 e. The van der Waals surface area contributed by atoms with E-state index in [2.05, 4.69) is 55.3 Å². The highest BCUT2D eigenvalue weighted by Crippen LogP contribution is 2.25. The Labute approximate surface area is 166 Å². The Morgan fingerprint density at radius 1 is 1.00 bits per heavy atom. The molecule has 0 saturated carbocycles. The second kappa shape index (κ2) is 9.19. The van der Waals surface area contributed by atoms with Crippen LogP contribution in [-0.2, 0) is 0 Å². The van der Waals surface area contributed by atoms with Crippen molar-refractivity contribution in [3.05, 3.63) is 48.5 Å². The van der Waals surface area contributed by atoms with Crippen LogP contribution >= 0.6 is 0 Å². The number of carbonyl (C=O) groups excluding carboxylic acids is 1. The third-order valence-corrected chi connectivity index (χ3v) is 6.07. The predicted molar refractivity (Wildman–Crippen MR) is 108 cm³/mol. The molecular weight excluding hydrogens is 352 g/mol. The number of amides is 2. The van der Waals surface area contributed by atoms with Gasteiger partial charge in [0.05, 0.1) is 6.04 Å². The topological polar surface area (TPSA) is 66.3 Å². The fourth-order valence-electron chi connectivity index (χ4n) is 4.42. The van der Waals surface area contributed by atoms with Gasteiger partial charge in [0.25, 0.3) is 0 Å². The second-order valence-corrected chi connectivity index (χ2v) is 7.84. The number of carbonyl (C=O) groups is 1. The third kappa shape index (κ3) is 4.52. The number of benzene rings is 1. The molecule has 2 fully saturated rings. The predicted octanol–water partition coefficient (Wildman–Crippen LogP) is 2.85. The summed E-state index contributed by atoms with van der Waals surface area (Å²) >= 11 is 0. The Hall–Kier alpha value is -2.41. The molecule has 1 atom stereocenters. The van der Waals surface area contributed by atoms with Gasteiger partial charge < -0.3 is 14.8 Å². The first-order chi connectivity index (χ1) is 13.8. The lowest BCUT2D eigenvalue weighted by Gasteiger charge is -2.36. The number of hydrogen-bond acceptors (Lipinski definition) is 4. The summed E-state index contributed by atoms with van der Waals surface area (Å²) < 4.78 is 2.05. The maximum atomic E-state index is 12.8. The minimum atomic E-state index is 0.0557. The van der Waals surface area contributed by atoms with Gasteiger partial charge in [0, 0.05) is 25.7 Å². The zero-order valence-electron chi connectivity index (χ0n) is 16.4. The third-order valence-electron chi connectivity index (χ3n) is 6.07. The molecule has 1 aromatic carbocycles. The van der Waals surface area contributed by atoms with Gasteiger partial charge in [-0.05, 0) is 44.3 Å². The maximum absolute atomic E-state index is 12.8. The summed E-state index contributed by atoms with van der Waals surface area (Å²) in [5, 5.41) is 11.0. The van der Waals surface area contributed by atoms with Gasteiger partial charge in [-0.2, -0.15) is 0 Å². The SMILES string of the molecule is O=C(NC[C@@H](c1ccccc1)N1CCCCC1)N1CCC(n2cnnc2)CC1. The molecule has 3 heterocycles. The average Bonchev–Trinajstić information content (AvgIpc) is 3.30. The smallest absolute Gasteiger partial charge is 0.317 e. The molecule has 4 rings (SSSR count). The quantitative estimate of drug-likeness (QED) is 0.864. The lowest BCUT2D eigenvalue weighted by molar-refractivity contribution is 0.148. The first-order valence-corrected chi connectivity index (χ1v) is 10.5. The van der Waals surface area contributed by atoms with Gasteiger partial charge in [-0.3, -0.25) is 4.90 Å². The Balaban J connectivity index is 1.32. The van der Waals surface area contributed by atoms with E-state index in [1.165, 1.54) is 24.8 Å². The van der Waals surface area contributed by atoms with Crippen molar-refractivity contribution in [1.82, 2.24) is 29.9 Å². The average molecular weight is 383 g/mol. The van der Waals surface area contributed by atoms with Crippen molar-refractivity contribution >= 4 is 6.03 Å². The molecule has 2 aliphatic heterocycles. The lowest BCUT2D eigenvalue weighted by Crippen LogP contribution is -2.47. The van der Waals surface area contributed by atoms with Crippen LogP contribution in [-0.4, -0.2) is 63.3 Å². The largest absolute Gasteiger partial charge is 0.336 e. The minimum absolute atomic E-state index is 0.0557. The first-order valence-electron chi connectivity index (χ1n) is 10.5. The number of hydrogen-bond donors (Lipinski definition) is 1. The van der Waals surface area contributed by atoms with Gasteiger partial charge in [-0.25, -0.2) is 4.79 Å². The minimum Gasteiger partial charge on any atom is -0.336 e. The number of piperidine rings is 2. The van der Waals surface area contributed by atoms with E-state index in [1.807, 2.05) is 4.90 Å². The van der Waals surface area contributed by atoms with Crippen LogP contribution in [0.25, 0.3) is 0 Å². The summed E-state index contributed by atoms with van der Waals surface area (Å²) in [6, 6.07) is 11.3. The Kier molecular flexibility index (Phi) is 6.21. The lowest BCUT2D eigenvalue weighted by atomic mass is 10.0. The monoisotopic (exact) mass is 382 g/mol. The highest BCUT2D eigenvalue weighted by atomic mass is 16.2. The van der Waals surface area contributed by atoms with Gasteiger partial charge in [-0.15, -0.1) is 10.2 Å². The molecule has 0 unspecified atom stereocenters. The van der Waals surface area contributed by atoms with Crippen molar-refractivity contribution in [2.45, 2.75) is 44.2 Å². The standard InChI is InChI=1S/C21H30N6O/c28-21(26-13-9-19(10-14-26)27-16-23-24-17-27)22-15-20(18-7-3-1-4-8-18)25-11-5-2-6-12-25/h1,3-4,7-8,16-17,19-20H,2,5-6,9-15H2,(H,22,28)/t20-/m0/s1. The van der Waals surface area contributed by atoms with Crippen molar-refractivity contribution in [2.24, 2.45) is 0 Å². The Morgan fingerprint density at radius 2 is 1.68 bits per heavy atom. The van der Waals surface area contributed by atoms with Crippen LogP contribution in [0.3, 0.4) is 0 Å². The number of rotatable bonds is 5. The van der Waals surface area contributed by atoms with Crippen LogP contribution in [0.2, 0.25) is 0 Å². The zero-order valence-corrected chi connectivity index (χ0v) is 16.4. The highest BCUT2D eigenvalue weighted by Gasteiger charge is 2.26. The summed E-state index contributed by atoms with van der Waals surface area (Å²) in [5.74, 6) is 0. The van der Waals surface area contributed by atoms with Gasteiger partial charge in [-0.1, -0.05) is 36.8 Å². The molecule has 0 bridgehead atoms. The van der Waals surface area contributed by atoms with Crippen LogP contribution in [0.5, 0.6) is 0 Å². The van der Waals surface area contributed by atoms with E-state index in [1.54, 1.807) is 12.7 Å². The van der Waals surface area contributed by atoms with E-state index in [0.717, 1.165) is 39.0 Å². The fourth-order valence-corrected chi connectivity index (χ4v) is 4.42. The Bertz CT molecular complexity index is 721. The van der Waals surface area contributed by atoms with Gasteiger partial charge in [0.2, 0.25) is 0 Å². The van der Waals surface area contributed by atoms with Crippen molar-refractivity contribution in [3.63, 3.8) is 0 Å². The van der Waals surface area contributed by atoms with Crippen molar-refractivity contribution in [2.75, 3.05) is 32.7 Å². The van der Waals surface area contributed by atoms with E-state index >= 15 is 0 Å². The van der Waals surface area contributed by atoms with Crippen LogP contribution in [0.1, 0.15) is 49.8 Å². The molecule has 2 saturated heterocycles. The molecular formula is C21H30N6O. The molecule has 2 amide bonds. The van der Waals surface area contributed by atoms with E-state index in [0.29, 0.717) is 12.6 Å². The number of nitrogens with zero attached hydrogens (tertiary/aromatic N) is 5. The summed E-state index contributed by atoms with van der Waals surface area (Å²) in [7, 11) is 0. The van der Waals surface area contributed by atoms with Crippen molar-refractivity contribution < 1.29 is 4.79 Å². The van der Waals surface area contributed by atoms with Crippen LogP contribution in [0.4, 0.5) is 4.79 Å².